The largest absolute Gasteiger partial charge is 0.433 e. The van der Waals surface area contributed by atoms with Gasteiger partial charge >= 0.3 is 5.88 Å². The first-order chi connectivity index (χ1) is 9.47. The molecule has 3 rings (SSSR count). The second-order valence-electron chi connectivity index (χ2n) is 4.28. The monoisotopic (exact) mass is 336 g/mol. The first kappa shape index (κ1) is 12.7. The highest BCUT2D eigenvalue weighted by atomic mass is 79.9. The van der Waals surface area contributed by atoms with Crippen molar-refractivity contribution in [3.8, 4) is 11.5 Å². The van der Waals surface area contributed by atoms with Crippen molar-refractivity contribution in [1.82, 2.24) is 9.38 Å². The van der Waals surface area contributed by atoms with E-state index >= 15 is 0 Å². The smallest absolute Gasteiger partial charge is 0.399 e. The van der Waals surface area contributed by atoms with E-state index in [1.807, 2.05) is 13.0 Å². The zero-order valence-corrected chi connectivity index (χ0v) is 11.9. The van der Waals surface area contributed by atoms with Crippen LogP contribution in [0.4, 0.5) is 11.7 Å². The van der Waals surface area contributed by atoms with Crippen molar-refractivity contribution >= 4 is 33.3 Å². The van der Waals surface area contributed by atoms with Crippen molar-refractivity contribution in [3.05, 3.63) is 44.5 Å². The third kappa shape index (κ3) is 1.85. The zero-order chi connectivity index (χ0) is 14.4. The number of nitrogens with two attached hydrogens (primary N) is 1. The highest BCUT2D eigenvalue weighted by Gasteiger charge is 2.19. The molecule has 3 heterocycles. The normalized spacial score (nSPS) is 11.1. The van der Waals surface area contributed by atoms with Crippen molar-refractivity contribution in [3.63, 3.8) is 0 Å². The first-order valence-corrected chi connectivity index (χ1v) is 6.45. The molecule has 0 aliphatic rings. The number of rotatable bonds is 2. The van der Waals surface area contributed by atoms with Crippen LogP contribution in [0.25, 0.3) is 17.1 Å². The molecule has 0 unspecified atom stereocenters. The van der Waals surface area contributed by atoms with Crippen LogP contribution in [0, 0.1) is 17.0 Å². The van der Waals surface area contributed by atoms with Gasteiger partial charge in [0, 0.05) is 10.7 Å². The minimum atomic E-state index is -0.600. The Morgan fingerprint density at radius 2 is 2.25 bits per heavy atom. The number of pyridine rings is 1. The lowest BCUT2D eigenvalue weighted by Crippen LogP contribution is -1.94. The molecule has 0 spiro atoms. The van der Waals surface area contributed by atoms with Crippen LogP contribution in [0.15, 0.2) is 33.3 Å². The molecule has 8 heteroatoms. The van der Waals surface area contributed by atoms with Gasteiger partial charge < -0.3 is 10.2 Å². The lowest BCUT2D eigenvalue weighted by atomic mass is 10.3. The Kier molecular flexibility index (Phi) is 2.75. The summed E-state index contributed by atoms with van der Waals surface area (Å²) in [6.45, 7) is 1.90. The molecule has 0 atom stereocenters. The molecule has 0 aliphatic carbocycles. The average Bonchev–Trinajstić information content (AvgIpc) is 2.95. The Morgan fingerprint density at radius 1 is 1.50 bits per heavy atom. The Labute approximate surface area is 121 Å². The zero-order valence-electron chi connectivity index (χ0n) is 10.3. The van der Waals surface area contributed by atoms with Gasteiger partial charge in [-0.05, 0) is 40.5 Å². The number of fused-ring (bicyclic) bond motifs is 1. The van der Waals surface area contributed by atoms with Gasteiger partial charge in [0.25, 0.3) is 0 Å². The fraction of sp³-hybridized carbons (Fsp3) is 0.0833. The summed E-state index contributed by atoms with van der Waals surface area (Å²) in [5.74, 6) is 0.302. The van der Waals surface area contributed by atoms with Crippen LogP contribution in [-0.2, 0) is 0 Å². The maximum atomic E-state index is 10.7. The molecule has 0 saturated carbocycles. The highest BCUT2D eigenvalue weighted by Crippen LogP contribution is 2.32. The number of halogens is 1. The molecule has 0 aliphatic heterocycles. The number of nitrogen functional groups attached to an aromatic ring is 1. The van der Waals surface area contributed by atoms with Crippen LogP contribution in [-0.4, -0.2) is 14.3 Å². The summed E-state index contributed by atoms with van der Waals surface area (Å²) in [6, 6.07) is 4.68. The van der Waals surface area contributed by atoms with E-state index in [1.165, 1.54) is 12.1 Å². The van der Waals surface area contributed by atoms with Gasteiger partial charge in [-0.3, -0.25) is 14.5 Å². The van der Waals surface area contributed by atoms with Crippen LogP contribution in [0.5, 0.6) is 0 Å². The van der Waals surface area contributed by atoms with E-state index in [0.717, 1.165) is 10.0 Å². The summed E-state index contributed by atoms with van der Waals surface area (Å²) in [6.07, 6.45) is 1.78. The Bertz CT molecular complexity index is 837. The van der Waals surface area contributed by atoms with Crippen molar-refractivity contribution in [2.45, 2.75) is 6.92 Å². The summed E-state index contributed by atoms with van der Waals surface area (Å²) < 4.78 is 7.72. The molecule has 0 radical (unpaired) electrons. The second kappa shape index (κ2) is 4.34. The van der Waals surface area contributed by atoms with Crippen molar-refractivity contribution in [2.24, 2.45) is 0 Å². The Hall–Kier alpha value is -2.35. The molecule has 102 valence electrons. The molecule has 20 heavy (non-hydrogen) atoms. The molecular formula is C12H9BrN4O3. The molecular weight excluding hydrogens is 328 g/mol. The van der Waals surface area contributed by atoms with E-state index in [-0.39, 0.29) is 11.6 Å². The molecule has 0 bridgehead atoms. The van der Waals surface area contributed by atoms with Crippen molar-refractivity contribution in [2.75, 3.05) is 5.73 Å². The third-order valence-electron chi connectivity index (χ3n) is 2.91. The van der Waals surface area contributed by atoms with Gasteiger partial charge in [-0.15, -0.1) is 0 Å². The van der Waals surface area contributed by atoms with Gasteiger partial charge in [-0.1, -0.05) is 0 Å². The fourth-order valence-electron chi connectivity index (χ4n) is 2.02. The SMILES string of the molecule is Cc1cc(Br)cn2c(N)c(-c3ccc([N+](=O)[O-])o3)nc12. The van der Waals surface area contributed by atoms with Crippen LogP contribution >= 0.6 is 15.9 Å². The van der Waals surface area contributed by atoms with Crippen LogP contribution in [0.3, 0.4) is 0 Å². The summed E-state index contributed by atoms with van der Waals surface area (Å²) >= 11 is 3.39. The number of hydrogen-bond acceptors (Lipinski definition) is 5. The predicted molar refractivity (Wildman–Crippen MR) is 76.4 cm³/mol. The molecule has 2 N–H and O–H groups in total. The number of anilines is 1. The molecule has 3 aromatic rings. The fourth-order valence-corrected chi connectivity index (χ4v) is 2.57. The molecule has 3 aromatic heterocycles. The lowest BCUT2D eigenvalue weighted by molar-refractivity contribution is -0.401. The number of hydrogen-bond donors (Lipinski definition) is 1. The minimum Gasteiger partial charge on any atom is -0.399 e. The van der Waals surface area contributed by atoms with E-state index in [1.54, 1.807) is 10.6 Å². The summed E-state index contributed by atoms with van der Waals surface area (Å²) in [7, 11) is 0. The lowest BCUT2D eigenvalue weighted by Gasteiger charge is -2.00. The molecule has 0 amide bonds. The minimum absolute atomic E-state index is 0.272. The number of nitrogens with zero attached hydrogens (tertiary/aromatic N) is 3. The number of nitro groups is 1. The third-order valence-corrected chi connectivity index (χ3v) is 3.35. The molecule has 7 nitrogen and oxygen atoms in total. The molecule has 0 fully saturated rings. The first-order valence-electron chi connectivity index (χ1n) is 5.65. The maximum absolute atomic E-state index is 10.7. The number of aryl methyl sites for hydroxylation is 1. The van der Waals surface area contributed by atoms with E-state index in [2.05, 4.69) is 20.9 Å². The van der Waals surface area contributed by atoms with Crippen LogP contribution < -0.4 is 5.73 Å². The number of aromatic nitrogens is 2. The van der Waals surface area contributed by atoms with E-state index in [0.29, 0.717) is 17.2 Å². The van der Waals surface area contributed by atoms with Gasteiger partial charge in [-0.25, -0.2) is 4.98 Å². The summed E-state index contributed by atoms with van der Waals surface area (Å²) in [5, 5.41) is 10.7. The van der Waals surface area contributed by atoms with Gasteiger partial charge in [0.05, 0.1) is 6.07 Å². The summed E-state index contributed by atoms with van der Waals surface area (Å²) in [4.78, 5) is 14.4. The van der Waals surface area contributed by atoms with Gasteiger partial charge in [0.1, 0.15) is 22.1 Å². The van der Waals surface area contributed by atoms with Crippen molar-refractivity contribution in [1.29, 1.82) is 0 Å². The molecule has 0 aromatic carbocycles. The Balaban J connectivity index is 2.23. The number of furan rings is 1. The predicted octanol–water partition coefficient (Wildman–Crippen LogP) is 3.16. The highest BCUT2D eigenvalue weighted by molar-refractivity contribution is 9.10. The van der Waals surface area contributed by atoms with Gasteiger partial charge in [0.15, 0.2) is 5.76 Å². The standard InChI is InChI=1S/C12H9BrN4O3/c1-6-4-7(13)5-16-11(14)10(15-12(6)16)8-2-3-9(20-8)17(18)19/h2-5H,14H2,1H3. The van der Waals surface area contributed by atoms with Gasteiger partial charge in [0.2, 0.25) is 0 Å². The average molecular weight is 337 g/mol. The Morgan fingerprint density at radius 3 is 2.90 bits per heavy atom. The number of imidazole rings is 1. The van der Waals surface area contributed by atoms with E-state index in [9.17, 15) is 10.1 Å². The van der Waals surface area contributed by atoms with E-state index in [4.69, 9.17) is 10.2 Å². The van der Waals surface area contributed by atoms with Gasteiger partial charge in [-0.2, -0.15) is 0 Å². The van der Waals surface area contributed by atoms with E-state index < -0.39 is 4.92 Å². The van der Waals surface area contributed by atoms with Crippen molar-refractivity contribution < 1.29 is 9.34 Å². The summed E-state index contributed by atoms with van der Waals surface area (Å²) in [5.41, 5.74) is 8.04. The quantitative estimate of drug-likeness (QED) is 0.572. The van der Waals surface area contributed by atoms with Crippen LogP contribution in [0.1, 0.15) is 5.56 Å². The maximum Gasteiger partial charge on any atom is 0.433 e. The molecule has 0 saturated heterocycles. The second-order valence-corrected chi connectivity index (χ2v) is 5.19. The van der Waals surface area contributed by atoms with Crippen LogP contribution in [0.2, 0.25) is 0 Å². The topological polar surface area (TPSA) is 99.6 Å².